The van der Waals surface area contributed by atoms with Crippen molar-refractivity contribution in [1.82, 2.24) is 14.9 Å². The molecule has 150 valence electrons. The summed E-state index contributed by atoms with van der Waals surface area (Å²) in [5, 5.41) is 6.97. The van der Waals surface area contributed by atoms with Crippen molar-refractivity contribution in [3.63, 3.8) is 0 Å². The molecule has 0 radical (unpaired) electrons. The molecule has 2 heterocycles. The number of hydrogen-bond donors (Lipinski definition) is 2. The molecule has 6 heteroatoms. The Balaban J connectivity index is 1.40. The molecule has 0 amide bonds. The molecule has 28 heavy (non-hydrogen) atoms. The van der Waals surface area contributed by atoms with Gasteiger partial charge in [0.25, 0.3) is 0 Å². The topological polar surface area (TPSA) is 56.3 Å². The van der Waals surface area contributed by atoms with Gasteiger partial charge in [-0.25, -0.2) is 4.98 Å². The average molecular weight is 381 g/mol. The van der Waals surface area contributed by atoms with E-state index in [2.05, 4.69) is 56.7 Å². The van der Waals surface area contributed by atoms with Gasteiger partial charge in [0, 0.05) is 55.4 Å². The first-order valence-corrected chi connectivity index (χ1v) is 10.6. The number of rotatable bonds is 5. The number of benzene rings is 1. The molecule has 2 N–H and O–H groups in total. The smallest absolute Gasteiger partial charge is 0.229 e. The van der Waals surface area contributed by atoms with Gasteiger partial charge in [-0.3, -0.25) is 0 Å². The number of nitrogens with one attached hydrogen (secondary N) is 2. The van der Waals surface area contributed by atoms with E-state index in [0.29, 0.717) is 12.0 Å². The Hall–Kier alpha value is -2.34. The van der Waals surface area contributed by atoms with Crippen molar-refractivity contribution in [3.8, 4) is 0 Å². The van der Waals surface area contributed by atoms with Crippen molar-refractivity contribution in [2.45, 2.75) is 45.1 Å². The number of nitrogens with zero attached hydrogens (tertiary/aromatic N) is 4. The minimum atomic E-state index is 0.541. The van der Waals surface area contributed by atoms with E-state index in [1.807, 2.05) is 13.0 Å². The molecule has 1 saturated heterocycles. The lowest BCUT2D eigenvalue weighted by atomic mass is 9.95. The van der Waals surface area contributed by atoms with Crippen molar-refractivity contribution in [1.29, 1.82) is 0 Å². The third kappa shape index (κ3) is 4.93. The Labute approximate surface area is 168 Å². The first kappa shape index (κ1) is 19.0. The summed E-state index contributed by atoms with van der Waals surface area (Å²) in [4.78, 5) is 14.1. The lowest BCUT2D eigenvalue weighted by molar-refractivity contribution is 0.313. The van der Waals surface area contributed by atoms with E-state index in [-0.39, 0.29) is 0 Å². The van der Waals surface area contributed by atoms with Gasteiger partial charge in [-0.15, -0.1) is 0 Å². The molecule has 1 aromatic heterocycles. The summed E-state index contributed by atoms with van der Waals surface area (Å²) >= 11 is 0. The van der Waals surface area contributed by atoms with E-state index in [1.54, 1.807) is 0 Å². The maximum absolute atomic E-state index is 4.69. The monoisotopic (exact) mass is 380 g/mol. The summed E-state index contributed by atoms with van der Waals surface area (Å²) in [6.45, 7) is 6.43. The molecule has 0 spiro atoms. The Bertz CT molecular complexity index is 761. The lowest BCUT2D eigenvalue weighted by Gasteiger charge is -2.34. The van der Waals surface area contributed by atoms with Gasteiger partial charge in [0.1, 0.15) is 5.82 Å². The highest BCUT2D eigenvalue weighted by Crippen LogP contribution is 2.24. The first-order chi connectivity index (χ1) is 13.7. The van der Waals surface area contributed by atoms with Crippen LogP contribution in [0.25, 0.3) is 0 Å². The predicted octanol–water partition coefficient (Wildman–Crippen LogP) is 4.03. The number of hydrogen-bond acceptors (Lipinski definition) is 6. The van der Waals surface area contributed by atoms with Crippen molar-refractivity contribution in [2.24, 2.45) is 0 Å². The molecule has 0 bridgehead atoms. The number of aromatic nitrogens is 2. The summed E-state index contributed by atoms with van der Waals surface area (Å²) in [6.07, 6.45) is 6.45. The van der Waals surface area contributed by atoms with E-state index < -0.39 is 0 Å². The first-order valence-electron chi connectivity index (χ1n) is 10.6. The minimum Gasteiger partial charge on any atom is -0.369 e. The molecule has 2 fully saturated rings. The van der Waals surface area contributed by atoms with E-state index in [9.17, 15) is 0 Å². The van der Waals surface area contributed by atoms with Crippen LogP contribution in [0.2, 0.25) is 0 Å². The molecule has 2 aromatic rings. The molecule has 4 rings (SSSR count). The van der Waals surface area contributed by atoms with Gasteiger partial charge >= 0.3 is 0 Å². The summed E-state index contributed by atoms with van der Waals surface area (Å²) in [5.41, 5.74) is 3.28. The molecule has 1 saturated carbocycles. The van der Waals surface area contributed by atoms with Crippen LogP contribution in [0.5, 0.6) is 0 Å². The van der Waals surface area contributed by atoms with Crippen molar-refractivity contribution >= 4 is 23.1 Å². The SMILES string of the molecule is Cc1cc(NC2CCCCC2)nc(Nc2ccc(N3CCN(C)CC3)cc2)n1. The van der Waals surface area contributed by atoms with Gasteiger partial charge < -0.3 is 20.4 Å². The standard InChI is InChI=1S/C22H32N6/c1-17-16-21(24-18-6-4-3-5-7-18)26-22(23-17)25-19-8-10-20(11-9-19)28-14-12-27(2)13-15-28/h8-11,16,18H,3-7,12-15H2,1-2H3,(H2,23,24,25,26). The minimum absolute atomic E-state index is 0.541. The van der Waals surface area contributed by atoms with Crippen molar-refractivity contribution in [3.05, 3.63) is 36.0 Å². The second kappa shape index (κ2) is 8.78. The van der Waals surface area contributed by atoms with Crippen LogP contribution in [0.15, 0.2) is 30.3 Å². The Morgan fingerprint density at radius 2 is 1.64 bits per heavy atom. The fourth-order valence-corrected chi connectivity index (χ4v) is 4.10. The second-order valence-corrected chi connectivity index (χ2v) is 8.16. The fraction of sp³-hybridized carbons (Fsp3) is 0.545. The van der Waals surface area contributed by atoms with Crippen LogP contribution < -0.4 is 15.5 Å². The normalized spacial score (nSPS) is 18.9. The van der Waals surface area contributed by atoms with Gasteiger partial charge in [0.15, 0.2) is 0 Å². The van der Waals surface area contributed by atoms with E-state index >= 15 is 0 Å². The number of likely N-dealkylation sites (N-methyl/N-ethyl adjacent to an activating group) is 1. The van der Waals surface area contributed by atoms with Crippen LogP contribution in [-0.2, 0) is 0 Å². The van der Waals surface area contributed by atoms with Crippen LogP contribution in [0.1, 0.15) is 37.8 Å². The summed E-state index contributed by atoms with van der Waals surface area (Å²) in [6, 6.07) is 11.2. The third-order valence-electron chi connectivity index (χ3n) is 5.80. The van der Waals surface area contributed by atoms with Gasteiger partial charge in [-0.2, -0.15) is 4.98 Å². The van der Waals surface area contributed by atoms with Gasteiger partial charge in [0.05, 0.1) is 0 Å². The molecule has 6 nitrogen and oxygen atoms in total. The van der Waals surface area contributed by atoms with Gasteiger partial charge in [-0.05, 0) is 51.1 Å². The quantitative estimate of drug-likeness (QED) is 0.817. The Kier molecular flexibility index (Phi) is 5.95. The van der Waals surface area contributed by atoms with Crippen LogP contribution >= 0.6 is 0 Å². The zero-order chi connectivity index (χ0) is 19.3. The molecule has 0 atom stereocenters. The molecule has 1 aromatic carbocycles. The number of piperazine rings is 1. The third-order valence-corrected chi connectivity index (χ3v) is 5.80. The average Bonchev–Trinajstić information content (AvgIpc) is 2.70. The van der Waals surface area contributed by atoms with Crippen molar-refractivity contribution in [2.75, 3.05) is 48.8 Å². The summed E-state index contributed by atoms with van der Waals surface area (Å²) in [5.74, 6) is 1.58. The van der Waals surface area contributed by atoms with Crippen LogP contribution in [0.4, 0.5) is 23.1 Å². The largest absolute Gasteiger partial charge is 0.369 e. The van der Waals surface area contributed by atoms with Gasteiger partial charge in [-0.1, -0.05) is 19.3 Å². The highest BCUT2D eigenvalue weighted by Gasteiger charge is 2.15. The maximum Gasteiger partial charge on any atom is 0.229 e. The van der Waals surface area contributed by atoms with Crippen LogP contribution in [0, 0.1) is 6.92 Å². The Morgan fingerprint density at radius 3 is 2.36 bits per heavy atom. The number of anilines is 4. The molecule has 1 aliphatic carbocycles. The number of aryl methyl sites for hydroxylation is 1. The molecular formula is C22H32N6. The highest BCUT2D eigenvalue weighted by atomic mass is 15.2. The van der Waals surface area contributed by atoms with Gasteiger partial charge in [0.2, 0.25) is 5.95 Å². The summed E-state index contributed by atoms with van der Waals surface area (Å²) in [7, 11) is 2.18. The zero-order valence-electron chi connectivity index (χ0n) is 17.1. The van der Waals surface area contributed by atoms with Crippen LogP contribution in [-0.4, -0.2) is 54.1 Å². The van der Waals surface area contributed by atoms with Crippen LogP contribution in [0.3, 0.4) is 0 Å². The fourth-order valence-electron chi connectivity index (χ4n) is 4.10. The van der Waals surface area contributed by atoms with E-state index in [4.69, 9.17) is 4.98 Å². The molecule has 0 unspecified atom stereocenters. The second-order valence-electron chi connectivity index (χ2n) is 8.16. The van der Waals surface area contributed by atoms with Crippen molar-refractivity contribution < 1.29 is 0 Å². The molecule has 2 aliphatic rings. The lowest BCUT2D eigenvalue weighted by Crippen LogP contribution is -2.44. The zero-order valence-corrected chi connectivity index (χ0v) is 17.1. The predicted molar refractivity (Wildman–Crippen MR) is 117 cm³/mol. The van der Waals surface area contributed by atoms with E-state index in [1.165, 1.54) is 37.8 Å². The summed E-state index contributed by atoms with van der Waals surface area (Å²) < 4.78 is 0. The Morgan fingerprint density at radius 1 is 0.929 bits per heavy atom. The molecule has 1 aliphatic heterocycles. The molecular weight excluding hydrogens is 348 g/mol. The highest BCUT2D eigenvalue weighted by molar-refractivity contribution is 5.60. The maximum atomic E-state index is 4.69. The van der Waals surface area contributed by atoms with E-state index in [0.717, 1.165) is 43.4 Å².